The number of pyridine rings is 1. The third-order valence-electron chi connectivity index (χ3n) is 2.87. The van der Waals surface area contributed by atoms with E-state index >= 15 is 0 Å². The normalized spacial score (nSPS) is 11.2. The second-order valence-electron chi connectivity index (χ2n) is 4.29. The Morgan fingerprint density at radius 1 is 1.19 bits per heavy atom. The number of hydrogen-bond acceptors (Lipinski definition) is 3. The van der Waals surface area contributed by atoms with Crippen LogP contribution in [-0.2, 0) is 12.6 Å². The van der Waals surface area contributed by atoms with Crippen molar-refractivity contribution >= 4 is 5.91 Å². The van der Waals surface area contributed by atoms with Crippen molar-refractivity contribution in [1.82, 2.24) is 4.98 Å². The molecular formula is C14H10F3N3O. The van der Waals surface area contributed by atoms with Gasteiger partial charge in [-0.3, -0.25) is 9.78 Å². The summed E-state index contributed by atoms with van der Waals surface area (Å²) >= 11 is 0. The van der Waals surface area contributed by atoms with E-state index in [0.29, 0.717) is 11.3 Å². The summed E-state index contributed by atoms with van der Waals surface area (Å²) in [7, 11) is 0. The molecule has 0 saturated carbocycles. The van der Waals surface area contributed by atoms with Gasteiger partial charge in [-0.25, -0.2) is 5.53 Å². The molecule has 1 N–H and O–H groups in total. The summed E-state index contributed by atoms with van der Waals surface area (Å²) in [5.74, 6) is -0.697. The molecular weight excluding hydrogens is 283 g/mol. The molecule has 0 atom stereocenters. The van der Waals surface area contributed by atoms with Crippen LogP contribution < -0.4 is 0 Å². The Labute approximate surface area is 118 Å². The molecule has 1 amide bonds. The first-order chi connectivity index (χ1) is 9.91. The van der Waals surface area contributed by atoms with Gasteiger partial charge < -0.3 is 0 Å². The molecule has 0 unspecified atom stereocenters. The van der Waals surface area contributed by atoms with Gasteiger partial charge in [-0.15, -0.1) is 5.11 Å². The van der Waals surface area contributed by atoms with Gasteiger partial charge in [0.1, 0.15) is 0 Å². The van der Waals surface area contributed by atoms with Crippen LogP contribution in [-0.4, -0.2) is 10.9 Å². The monoisotopic (exact) mass is 293 g/mol. The summed E-state index contributed by atoms with van der Waals surface area (Å²) in [6, 6.07) is 8.70. The van der Waals surface area contributed by atoms with E-state index in [2.05, 4.69) is 10.1 Å². The fourth-order valence-electron chi connectivity index (χ4n) is 1.84. The highest BCUT2D eigenvalue weighted by atomic mass is 19.4. The summed E-state index contributed by atoms with van der Waals surface area (Å²) in [6.45, 7) is 0. The van der Waals surface area contributed by atoms with Gasteiger partial charge in [0.05, 0.1) is 5.56 Å². The average Bonchev–Trinajstić information content (AvgIpc) is 2.46. The van der Waals surface area contributed by atoms with Gasteiger partial charge in [-0.1, -0.05) is 18.2 Å². The number of benzene rings is 1. The Hall–Kier alpha value is -2.57. The number of alkyl halides is 3. The SMILES string of the molecule is N=NC(=O)c1ccccc1Cc1ccc(C(F)(F)F)cn1. The summed E-state index contributed by atoms with van der Waals surface area (Å²) in [4.78, 5) is 15.2. The number of carbonyl (C=O) groups is 1. The van der Waals surface area contributed by atoms with E-state index in [0.717, 1.165) is 12.3 Å². The number of nitrogens with one attached hydrogen (secondary N) is 1. The van der Waals surface area contributed by atoms with Crippen LogP contribution in [0, 0.1) is 5.53 Å². The van der Waals surface area contributed by atoms with Crippen molar-refractivity contribution in [3.63, 3.8) is 0 Å². The smallest absolute Gasteiger partial charge is 0.265 e. The molecule has 2 aromatic rings. The van der Waals surface area contributed by atoms with E-state index < -0.39 is 17.6 Å². The Morgan fingerprint density at radius 3 is 2.48 bits per heavy atom. The topological polar surface area (TPSA) is 66.2 Å². The summed E-state index contributed by atoms with van der Waals surface area (Å²) < 4.78 is 37.3. The first-order valence-corrected chi connectivity index (χ1v) is 5.93. The molecule has 1 heterocycles. The van der Waals surface area contributed by atoms with Crippen LogP contribution in [0.15, 0.2) is 47.7 Å². The average molecular weight is 293 g/mol. The number of rotatable bonds is 3. The zero-order valence-corrected chi connectivity index (χ0v) is 10.7. The largest absolute Gasteiger partial charge is 0.417 e. The lowest BCUT2D eigenvalue weighted by Gasteiger charge is -2.08. The maximum Gasteiger partial charge on any atom is 0.417 e. The number of aromatic nitrogens is 1. The second-order valence-corrected chi connectivity index (χ2v) is 4.29. The van der Waals surface area contributed by atoms with E-state index in [9.17, 15) is 18.0 Å². The van der Waals surface area contributed by atoms with Crippen molar-refractivity contribution in [1.29, 1.82) is 5.53 Å². The van der Waals surface area contributed by atoms with Gasteiger partial charge in [0.2, 0.25) is 0 Å². The predicted octanol–water partition coefficient (Wildman–Crippen LogP) is 3.86. The van der Waals surface area contributed by atoms with Gasteiger partial charge in [-0.2, -0.15) is 13.2 Å². The molecule has 21 heavy (non-hydrogen) atoms. The molecule has 4 nitrogen and oxygen atoms in total. The number of nitrogens with zero attached hydrogens (tertiary/aromatic N) is 2. The third-order valence-corrected chi connectivity index (χ3v) is 2.87. The molecule has 108 valence electrons. The summed E-state index contributed by atoms with van der Waals surface area (Å²) in [5, 5.41) is 2.85. The molecule has 0 saturated heterocycles. The van der Waals surface area contributed by atoms with Crippen LogP contribution in [0.5, 0.6) is 0 Å². The van der Waals surface area contributed by atoms with Crippen molar-refractivity contribution in [3.05, 3.63) is 65.0 Å². The van der Waals surface area contributed by atoms with Crippen LogP contribution in [0.25, 0.3) is 0 Å². The second kappa shape index (κ2) is 5.82. The minimum Gasteiger partial charge on any atom is -0.265 e. The van der Waals surface area contributed by atoms with Gasteiger partial charge in [-0.05, 0) is 23.8 Å². The van der Waals surface area contributed by atoms with Crippen molar-refractivity contribution in [3.8, 4) is 0 Å². The summed E-state index contributed by atoms with van der Waals surface area (Å²) in [6.07, 6.45) is -3.48. The van der Waals surface area contributed by atoms with E-state index in [-0.39, 0.29) is 12.0 Å². The molecule has 0 bridgehead atoms. The van der Waals surface area contributed by atoms with E-state index in [1.165, 1.54) is 12.1 Å². The van der Waals surface area contributed by atoms with Gasteiger partial charge in [0, 0.05) is 23.9 Å². The zero-order valence-electron chi connectivity index (χ0n) is 10.7. The Kier molecular flexibility index (Phi) is 4.11. The van der Waals surface area contributed by atoms with Gasteiger partial charge in [0.25, 0.3) is 5.91 Å². The van der Waals surface area contributed by atoms with Gasteiger partial charge in [0.15, 0.2) is 0 Å². The Morgan fingerprint density at radius 2 is 1.90 bits per heavy atom. The first-order valence-electron chi connectivity index (χ1n) is 5.93. The molecule has 0 aliphatic carbocycles. The number of carbonyl (C=O) groups excluding carboxylic acids is 1. The molecule has 1 aromatic carbocycles. The summed E-state index contributed by atoms with van der Waals surface area (Å²) in [5.41, 5.74) is 7.13. The van der Waals surface area contributed by atoms with Gasteiger partial charge >= 0.3 is 6.18 Å². The molecule has 0 spiro atoms. The van der Waals surface area contributed by atoms with Crippen molar-refractivity contribution in [2.24, 2.45) is 5.11 Å². The van der Waals surface area contributed by atoms with Crippen molar-refractivity contribution < 1.29 is 18.0 Å². The van der Waals surface area contributed by atoms with Crippen molar-refractivity contribution in [2.45, 2.75) is 12.6 Å². The van der Waals surface area contributed by atoms with E-state index in [1.807, 2.05) is 0 Å². The van der Waals surface area contributed by atoms with E-state index in [4.69, 9.17) is 5.53 Å². The highest BCUT2D eigenvalue weighted by Gasteiger charge is 2.30. The van der Waals surface area contributed by atoms with Crippen LogP contribution in [0.3, 0.4) is 0 Å². The highest BCUT2D eigenvalue weighted by molar-refractivity contribution is 5.95. The quantitative estimate of drug-likeness (QED) is 0.873. The zero-order chi connectivity index (χ0) is 15.5. The fourth-order valence-corrected chi connectivity index (χ4v) is 1.84. The molecule has 7 heteroatoms. The molecule has 2 rings (SSSR count). The molecule has 0 aliphatic heterocycles. The number of amides is 1. The van der Waals surface area contributed by atoms with Crippen LogP contribution in [0.1, 0.15) is 27.2 Å². The lowest BCUT2D eigenvalue weighted by Crippen LogP contribution is -2.07. The minimum atomic E-state index is -4.43. The fraction of sp³-hybridized carbons (Fsp3) is 0.143. The standard InChI is InChI=1S/C14H10F3N3O/c15-14(16,17)10-5-6-11(19-8-10)7-9-3-1-2-4-12(9)13(21)20-18/h1-6,8,18H,7H2. The molecule has 0 fully saturated rings. The lowest BCUT2D eigenvalue weighted by atomic mass is 10.0. The Bertz CT molecular complexity index is 666. The van der Waals surface area contributed by atoms with Crippen LogP contribution in [0.2, 0.25) is 0 Å². The number of halogens is 3. The lowest BCUT2D eigenvalue weighted by molar-refractivity contribution is -0.137. The van der Waals surface area contributed by atoms with Crippen LogP contribution >= 0.6 is 0 Å². The Balaban J connectivity index is 2.27. The third kappa shape index (κ3) is 3.50. The molecule has 1 aromatic heterocycles. The van der Waals surface area contributed by atoms with Crippen molar-refractivity contribution in [2.75, 3.05) is 0 Å². The minimum absolute atomic E-state index is 0.190. The molecule has 0 radical (unpaired) electrons. The molecule has 0 aliphatic rings. The number of hydrogen-bond donors (Lipinski definition) is 1. The first kappa shape index (κ1) is 14.8. The maximum atomic E-state index is 12.4. The van der Waals surface area contributed by atoms with E-state index in [1.54, 1.807) is 18.2 Å². The predicted molar refractivity (Wildman–Crippen MR) is 68.0 cm³/mol. The highest BCUT2D eigenvalue weighted by Crippen LogP contribution is 2.28. The maximum absolute atomic E-state index is 12.4. The van der Waals surface area contributed by atoms with Crippen LogP contribution in [0.4, 0.5) is 13.2 Å².